The summed E-state index contributed by atoms with van der Waals surface area (Å²) in [6, 6.07) is 4.72. The van der Waals surface area contributed by atoms with Crippen molar-refractivity contribution >= 4 is 28.1 Å². The summed E-state index contributed by atoms with van der Waals surface area (Å²) in [7, 11) is 0. The van der Waals surface area contributed by atoms with Gasteiger partial charge in [0, 0.05) is 28.5 Å². The highest BCUT2D eigenvalue weighted by Gasteiger charge is 2.43. The monoisotopic (exact) mass is 413 g/mol. The lowest BCUT2D eigenvalue weighted by Crippen LogP contribution is -2.34. The van der Waals surface area contributed by atoms with Crippen LogP contribution in [0.4, 0.5) is 24.0 Å². The molecule has 2 unspecified atom stereocenters. The van der Waals surface area contributed by atoms with E-state index >= 15 is 0 Å². The second kappa shape index (κ2) is 7.86. The van der Waals surface area contributed by atoms with E-state index in [0.29, 0.717) is 29.7 Å². The summed E-state index contributed by atoms with van der Waals surface area (Å²) >= 11 is 1.13. The molecule has 150 valence electrons. The number of carbonyl (C=O) groups excluding carboxylic acids is 1. The van der Waals surface area contributed by atoms with Crippen molar-refractivity contribution in [2.24, 2.45) is 11.8 Å². The summed E-state index contributed by atoms with van der Waals surface area (Å²) in [4.78, 5) is 27.2. The van der Waals surface area contributed by atoms with Gasteiger partial charge in [0.1, 0.15) is 0 Å². The third-order valence-corrected chi connectivity index (χ3v) is 5.70. The van der Waals surface area contributed by atoms with Crippen molar-refractivity contribution in [2.45, 2.75) is 38.8 Å². The molecule has 0 aliphatic heterocycles. The predicted molar refractivity (Wildman–Crippen MR) is 99.1 cm³/mol. The van der Waals surface area contributed by atoms with Crippen LogP contribution >= 0.6 is 11.3 Å². The average molecular weight is 413 g/mol. The van der Waals surface area contributed by atoms with Crippen LogP contribution in [0.1, 0.15) is 31.2 Å². The Kier molecular flexibility index (Phi) is 5.69. The number of nitrogens with one attached hydrogen (secondary N) is 1. The van der Waals surface area contributed by atoms with E-state index in [1.165, 1.54) is 6.07 Å². The maximum absolute atomic E-state index is 12.9. The van der Waals surface area contributed by atoms with Crippen molar-refractivity contribution in [1.29, 1.82) is 0 Å². The highest BCUT2D eigenvalue weighted by Crippen LogP contribution is 2.40. The van der Waals surface area contributed by atoms with Gasteiger partial charge >= 0.3 is 6.18 Å². The van der Waals surface area contributed by atoms with Crippen molar-refractivity contribution in [3.63, 3.8) is 0 Å². The zero-order chi connectivity index (χ0) is 20.5. The van der Waals surface area contributed by atoms with E-state index in [0.717, 1.165) is 11.3 Å². The average Bonchev–Trinajstić information content (AvgIpc) is 3.09. The van der Waals surface area contributed by atoms with Gasteiger partial charge in [-0.25, -0.2) is 4.98 Å². The van der Waals surface area contributed by atoms with Crippen LogP contribution in [0.5, 0.6) is 0 Å². The Labute approximate surface area is 162 Å². The normalized spacial score (nSPS) is 20.0. The van der Waals surface area contributed by atoms with Crippen LogP contribution in [0, 0.1) is 28.9 Å². The van der Waals surface area contributed by atoms with E-state index in [9.17, 15) is 28.1 Å². The second-order valence-corrected chi connectivity index (χ2v) is 7.75. The minimum absolute atomic E-state index is 0.0310. The molecular formula is C18H18F3N3O3S. The Morgan fingerprint density at radius 3 is 2.79 bits per heavy atom. The van der Waals surface area contributed by atoms with Crippen molar-refractivity contribution in [3.8, 4) is 11.3 Å². The third-order valence-electron chi connectivity index (χ3n) is 4.94. The van der Waals surface area contributed by atoms with Gasteiger partial charge in [-0.1, -0.05) is 18.6 Å². The molecule has 3 rings (SSSR count). The number of halogens is 3. The van der Waals surface area contributed by atoms with Gasteiger partial charge in [-0.15, -0.1) is 11.3 Å². The van der Waals surface area contributed by atoms with Gasteiger partial charge in [-0.2, -0.15) is 13.2 Å². The fourth-order valence-electron chi connectivity index (χ4n) is 3.36. The van der Waals surface area contributed by atoms with Crippen LogP contribution in [0.2, 0.25) is 0 Å². The first-order chi connectivity index (χ1) is 13.1. The van der Waals surface area contributed by atoms with Crippen LogP contribution in [0.25, 0.3) is 11.3 Å². The van der Waals surface area contributed by atoms with Crippen molar-refractivity contribution in [3.05, 3.63) is 39.3 Å². The number of hydrogen-bond donors (Lipinski definition) is 1. The third kappa shape index (κ3) is 4.49. The smallest absolute Gasteiger partial charge is 0.302 e. The van der Waals surface area contributed by atoms with Crippen molar-refractivity contribution < 1.29 is 22.9 Å². The first kappa shape index (κ1) is 20.2. The number of nitro benzene ring substituents is 1. The molecule has 0 bridgehead atoms. The number of carbonyl (C=O) groups is 1. The van der Waals surface area contributed by atoms with Crippen LogP contribution in [-0.4, -0.2) is 22.0 Å². The van der Waals surface area contributed by atoms with Crippen molar-refractivity contribution in [2.75, 3.05) is 5.32 Å². The molecule has 1 aromatic heterocycles. The molecule has 0 spiro atoms. The molecule has 6 nitrogen and oxygen atoms in total. The molecule has 10 heteroatoms. The summed E-state index contributed by atoms with van der Waals surface area (Å²) in [6.07, 6.45) is -3.66. The van der Waals surface area contributed by atoms with E-state index in [4.69, 9.17) is 0 Å². The molecule has 1 heterocycles. The van der Waals surface area contributed by atoms with Crippen LogP contribution in [0.3, 0.4) is 0 Å². The Balaban J connectivity index is 1.70. The Morgan fingerprint density at radius 2 is 2.11 bits per heavy atom. The van der Waals surface area contributed by atoms with E-state index < -0.39 is 28.8 Å². The topological polar surface area (TPSA) is 85.1 Å². The molecule has 0 radical (unpaired) electrons. The maximum Gasteiger partial charge on any atom is 0.391 e. The fourth-order valence-corrected chi connectivity index (χ4v) is 4.08. The predicted octanol–water partition coefficient (Wildman–Crippen LogP) is 5.33. The maximum atomic E-state index is 12.9. The molecule has 28 heavy (non-hydrogen) atoms. The summed E-state index contributed by atoms with van der Waals surface area (Å²) in [6.45, 7) is 1.63. The molecule has 1 N–H and O–H groups in total. The molecule has 1 amide bonds. The number of amides is 1. The van der Waals surface area contributed by atoms with Gasteiger partial charge in [0.25, 0.3) is 5.69 Å². The summed E-state index contributed by atoms with van der Waals surface area (Å²) in [5, 5.41) is 15.6. The number of nitrogens with zero attached hydrogens (tertiary/aromatic N) is 2. The number of aromatic nitrogens is 1. The molecule has 0 saturated heterocycles. The standard InChI is InChI=1S/C18H18F3N3O3S/c1-10-5-6-11(8-15(10)24(26)27)14-9-28-17(22-14)23-16(25)12-3-2-4-13(7-12)18(19,20)21/h5-6,8-9,12-13H,2-4,7H2,1H3,(H,22,23,25). The van der Waals surface area contributed by atoms with Gasteiger partial charge in [0.15, 0.2) is 5.13 Å². The Morgan fingerprint density at radius 1 is 1.36 bits per heavy atom. The minimum atomic E-state index is -4.28. The van der Waals surface area contributed by atoms with Gasteiger partial charge in [0.2, 0.25) is 5.91 Å². The van der Waals surface area contributed by atoms with Crippen molar-refractivity contribution in [1.82, 2.24) is 4.98 Å². The number of aryl methyl sites for hydroxylation is 1. The molecule has 1 aliphatic rings. The van der Waals surface area contributed by atoms with Gasteiger partial charge in [-0.3, -0.25) is 14.9 Å². The van der Waals surface area contributed by atoms with E-state index in [1.807, 2.05) is 0 Å². The fraction of sp³-hybridized carbons (Fsp3) is 0.444. The Bertz CT molecular complexity index is 898. The summed E-state index contributed by atoms with van der Waals surface area (Å²) in [5.74, 6) is -2.62. The van der Waals surface area contributed by atoms with E-state index in [1.54, 1.807) is 24.4 Å². The molecule has 1 fully saturated rings. The number of rotatable bonds is 4. The molecule has 1 aromatic carbocycles. The summed E-state index contributed by atoms with van der Waals surface area (Å²) < 4.78 is 38.8. The molecule has 2 aromatic rings. The largest absolute Gasteiger partial charge is 0.391 e. The van der Waals surface area contributed by atoms with Gasteiger partial charge in [-0.05, 0) is 26.2 Å². The van der Waals surface area contributed by atoms with Crippen LogP contribution in [0.15, 0.2) is 23.6 Å². The van der Waals surface area contributed by atoms with E-state index in [-0.39, 0.29) is 23.7 Å². The van der Waals surface area contributed by atoms with E-state index in [2.05, 4.69) is 10.3 Å². The number of alkyl halides is 3. The number of benzene rings is 1. The lowest BCUT2D eigenvalue weighted by atomic mass is 9.80. The van der Waals surface area contributed by atoms with Gasteiger partial charge in [0.05, 0.1) is 16.5 Å². The van der Waals surface area contributed by atoms with Gasteiger partial charge < -0.3 is 5.32 Å². The molecule has 1 aliphatic carbocycles. The number of nitro groups is 1. The quantitative estimate of drug-likeness (QED) is 0.542. The first-order valence-electron chi connectivity index (χ1n) is 8.73. The Hall–Kier alpha value is -2.49. The first-order valence-corrected chi connectivity index (χ1v) is 9.61. The zero-order valence-electron chi connectivity index (χ0n) is 15.0. The lowest BCUT2D eigenvalue weighted by Gasteiger charge is -2.29. The molecule has 1 saturated carbocycles. The SMILES string of the molecule is Cc1ccc(-c2csc(NC(=O)C3CCCC(C(F)(F)F)C3)n2)cc1[N+](=O)[O-]. The highest BCUT2D eigenvalue weighted by atomic mass is 32.1. The highest BCUT2D eigenvalue weighted by molar-refractivity contribution is 7.14. The zero-order valence-corrected chi connectivity index (χ0v) is 15.8. The van der Waals surface area contributed by atoms with Crippen LogP contribution in [-0.2, 0) is 4.79 Å². The number of hydrogen-bond acceptors (Lipinski definition) is 5. The second-order valence-electron chi connectivity index (χ2n) is 6.89. The van der Waals surface area contributed by atoms with Crippen LogP contribution < -0.4 is 5.32 Å². The molecular weight excluding hydrogens is 395 g/mol. The lowest BCUT2D eigenvalue weighted by molar-refractivity contribution is -0.385. The minimum Gasteiger partial charge on any atom is -0.302 e. The number of thiazole rings is 1. The summed E-state index contributed by atoms with van der Waals surface area (Å²) in [5.41, 5.74) is 1.48. The molecule has 2 atom stereocenters. The number of anilines is 1.